The van der Waals surface area contributed by atoms with Crippen molar-refractivity contribution in [1.82, 2.24) is 10.1 Å². The number of ether oxygens (including phenoxy) is 2. The van der Waals surface area contributed by atoms with E-state index >= 15 is 0 Å². The first-order chi connectivity index (χ1) is 12.0. The van der Waals surface area contributed by atoms with Crippen molar-refractivity contribution >= 4 is 5.91 Å². The van der Waals surface area contributed by atoms with Gasteiger partial charge in [-0.05, 0) is 38.0 Å². The second-order valence-electron chi connectivity index (χ2n) is 6.67. The number of carbonyl (C=O) groups excluding carboxylic acids is 1. The molecule has 0 radical (unpaired) electrons. The van der Waals surface area contributed by atoms with Gasteiger partial charge in [-0.25, -0.2) is 0 Å². The summed E-state index contributed by atoms with van der Waals surface area (Å²) in [7, 11) is 1.67. The summed E-state index contributed by atoms with van der Waals surface area (Å²) >= 11 is 0. The summed E-state index contributed by atoms with van der Waals surface area (Å²) in [5, 5.41) is 3.82. The van der Waals surface area contributed by atoms with E-state index in [1.165, 1.54) is 0 Å². The Kier molecular flexibility index (Phi) is 5.08. The molecule has 0 aliphatic carbocycles. The van der Waals surface area contributed by atoms with E-state index in [1.807, 2.05) is 38.1 Å². The Labute approximate surface area is 147 Å². The minimum Gasteiger partial charge on any atom is -0.491 e. The van der Waals surface area contributed by atoms with E-state index in [2.05, 4.69) is 5.16 Å². The summed E-state index contributed by atoms with van der Waals surface area (Å²) < 4.78 is 16.8. The van der Waals surface area contributed by atoms with Gasteiger partial charge < -0.3 is 18.9 Å². The molecule has 0 saturated carbocycles. The molecule has 6 nitrogen and oxygen atoms in total. The largest absolute Gasteiger partial charge is 0.491 e. The normalized spacial score (nSPS) is 20.0. The number of nitrogens with zero attached hydrogens (tertiary/aromatic N) is 2. The Balaban J connectivity index is 1.59. The first kappa shape index (κ1) is 17.5. The van der Waals surface area contributed by atoms with Crippen LogP contribution in [0, 0.1) is 13.8 Å². The van der Waals surface area contributed by atoms with E-state index in [4.69, 9.17) is 14.0 Å². The molecule has 1 aliphatic rings. The van der Waals surface area contributed by atoms with Gasteiger partial charge >= 0.3 is 0 Å². The maximum Gasteiger partial charge on any atom is 0.230 e. The van der Waals surface area contributed by atoms with E-state index in [0.29, 0.717) is 25.5 Å². The Morgan fingerprint density at radius 3 is 2.88 bits per heavy atom. The molecule has 1 amide bonds. The van der Waals surface area contributed by atoms with Crippen LogP contribution in [0.1, 0.15) is 23.4 Å². The third-order valence-electron chi connectivity index (χ3n) is 4.60. The van der Waals surface area contributed by atoms with Crippen molar-refractivity contribution < 1.29 is 18.8 Å². The number of hydrogen-bond donors (Lipinski definition) is 0. The molecule has 0 N–H and O–H groups in total. The summed E-state index contributed by atoms with van der Waals surface area (Å²) in [6, 6.07) is 9.71. The Hall–Kier alpha value is -2.34. The maximum atomic E-state index is 12.5. The quantitative estimate of drug-likeness (QED) is 0.806. The molecular formula is C19H24N2O4. The second-order valence-corrected chi connectivity index (χ2v) is 6.67. The van der Waals surface area contributed by atoms with Crippen molar-refractivity contribution in [2.75, 3.05) is 26.8 Å². The van der Waals surface area contributed by atoms with E-state index in [9.17, 15) is 4.79 Å². The molecule has 0 unspecified atom stereocenters. The van der Waals surface area contributed by atoms with Crippen LogP contribution in [0.25, 0.3) is 0 Å². The average Bonchev–Trinajstić information content (AvgIpc) is 3.20. The van der Waals surface area contributed by atoms with Gasteiger partial charge in [0, 0.05) is 19.7 Å². The summed E-state index contributed by atoms with van der Waals surface area (Å²) in [5.41, 5.74) is 1.45. The van der Waals surface area contributed by atoms with E-state index < -0.39 is 5.60 Å². The maximum absolute atomic E-state index is 12.5. The smallest absolute Gasteiger partial charge is 0.230 e. The van der Waals surface area contributed by atoms with Gasteiger partial charge in [0.15, 0.2) is 0 Å². The zero-order valence-corrected chi connectivity index (χ0v) is 14.9. The Bertz CT molecular complexity index is 743. The standard InChI is InChI=1S/C19H24N2O4/c1-14-5-4-6-16(9-14)24-13-19(23-3)7-8-21(12-19)18(22)11-17-10-15(2)20-25-17/h4-6,9-10H,7-8,11-13H2,1-3H3/t19-/m0/s1. The van der Waals surface area contributed by atoms with Gasteiger partial charge in [-0.3, -0.25) is 4.79 Å². The van der Waals surface area contributed by atoms with E-state index in [-0.39, 0.29) is 12.3 Å². The molecule has 1 fully saturated rings. The lowest BCUT2D eigenvalue weighted by molar-refractivity contribution is -0.131. The summed E-state index contributed by atoms with van der Waals surface area (Å²) in [6.07, 6.45) is 0.968. The van der Waals surface area contributed by atoms with E-state index in [0.717, 1.165) is 23.4 Å². The van der Waals surface area contributed by atoms with Crippen LogP contribution in [-0.4, -0.2) is 48.4 Å². The predicted octanol–water partition coefficient (Wildman–Crippen LogP) is 2.53. The summed E-state index contributed by atoms with van der Waals surface area (Å²) in [4.78, 5) is 14.3. The topological polar surface area (TPSA) is 64.8 Å². The van der Waals surface area contributed by atoms with Crippen LogP contribution in [-0.2, 0) is 16.0 Å². The monoisotopic (exact) mass is 344 g/mol. The van der Waals surface area contributed by atoms with Crippen molar-refractivity contribution in [2.45, 2.75) is 32.3 Å². The third-order valence-corrected chi connectivity index (χ3v) is 4.60. The van der Waals surface area contributed by atoms with Crippen LogP contribution in [0.4, 0.5) is 0 Å². The number of methoxy groups -OCH3 is 1. The molecule has 2 aromatic rings. The molecule has 6 heteroatoms. The number of benzene rings is 1. The molecule has 25 heavy (non-hydrogen) atoms. The van der Waals surface area contributed by atoms with Gasteiger partial charge in [-0.2, -0.15) is 0 Å². The van der Waals surface area contributed by atoms with Crippen molar-refractivity contribution in [3.63, 3.8) is 0 Å². The zero-order valence-electron chi connectivity index (χ0n) is 14.9. The second kappa shape index (κ2) is 7.27. The first-order valence-corrected chi connectivity index (χ1v) is 8.44. The van der Waals surface area contributed by atoms with Crippen LogP contribution >= 0.6 is 0 Å². The minimum atomic E-state index is -0.475. The number of aromatic nitrogens is 1. The Morgan fingerprint density at radius 2 is 2.20 bits per heavy atom. The van der Waals surface area contributed by atoms with E-state index in [1.54, 1.807) is 18.1 Å². The minimum absolute atomic E-state index is 0.0191. The van der Waals surface area contributed by atoms with Gasteiger partial charge in [0.25, 0.3) is 0 Å². The van der Waals surface area contributed by atoms with Crippen LogP contribution in [0.5, 0.6) is 5.75 Å². The Morgan fingerprint density at radius 1 is 1.36 bits per heavy atom. The fourth-order valence-electron chi connectivity index (χ4n) is 3.08. The van der Waals surface area contributed by atoms with Crippen LogP contribution in [0.3, 0.4) is 0 Å². The van der Waals surface area contributed by atoms with Crippen molar-refractivity contribution in [3.8, 4) is 5.75 Å². The van der Waals surface area contributed by atoms with Gasteiger partial charge in [-0.15, -0.1) is 0 Å². The number of hydrogen-bond acceptors (Lipinski definition) is 5. The van der Waals surface area contributed by atoms with Gasteiger partial charge in [-0.1, -0.05) is 17.3 Å². The van der Waals surface area contributed by atoms with Crippen LogP contribution in [0.15, 0.2) is 34.9 Å². The molecule has 1 aromatic carbocycles. The van der Waals surface area contributed by atoms with Crippen LogP contribution < -0.4 is 4.74 Å². The number of amides is 1. The van der Waals surface area contributed by atoms with Gasteiger partial charge in [0.05, 0.1) is 18.7 Å². The molecule has 0 spiro atoms. The molecule has 2 heterocycles. The third kappa shape index (κ3) is 4.20. The van der Waals surface area contributed by atoms with Crippen molar-refractivity contribution in [1.29, 1.82) is 0 Å². The molecule has 1 saturated heterocycles. The highest BCUT2D eigenvalue weighted by atomic mass is 16.5. The molecule has 1 aromatic heterocycles. The predicted molar refractivity (Wildman–Crippen MR) is 92.6 cm³/mol. The number of rotatable bonds is 6. The highest BCUT2D eigenvalue weighted by Crippen LogP contribution is 2.27. The average molecular weight is 344 g/mol. The summed E-state index contributed by atoms with van der Waals surface area (Å²) in [5.74, 6) is 1.43. The molecule has 0 bridgehead atoms. The number of carbonyl (C=O) groups is 1. The van der Waals surface area contributed by atoms with Crippen LogP contribution in [0.2, 0.25) is 0 Å². The SMILES string of the molecule is CO[C@@]1(COc2cccc(C)c2)CCN(C(=O)Cc2cc(C)no2)C1. The molecule has 1 aliphatic heterocycles. The van der Waals surface area contributed by atoms with Gasteiger partial charge in [0.2, 0.25) is 5.91 Å². The highest BCUT2D eigenvalue weighted by molar-refractivity contribution is 5.78. The first-order valence-electron chi connectivity index (χ1n) is 8.44. The fraction of sp³-hybridized carbons (Fsp3) is 0.474. The van der Waals surface area contributed by atoms with Gasteiger partial charge in [0.1, 0.15) is 23.7 Å². The molecule has 134 valence electrons. The van der Waals surface area contributed by atoms with Crippen molar-refractivity contribution in [2.24, 2.45) is 0 Å². The molecular weight excluding hydrogens is 320 g/mol. The highest BCUT2D eigenvalue weighted by Gasteiger charge is 2.41. The van der Waals surface area contributed by atoms with Crippen molar-refractivity contribution in [3.05, 3.63) is 47.3 Å². The lowest BCUT2D eigenvalue weighted by atomic mass is 10.0. The molecule has 3 rings (SSSR count). The fourth-order valence-corrected chi connectivity index (χ4v) is 3.08. The molecule has 1 atom stereocenters. The summed E-state index contributed by atoms with van der Waals surface area (Å²) in [6.45, 7) is 5.45. The lowest BCUT2D eigenvalue weighted by Gasteiger charge is -2.28. The number of aryl methyl sites for hydroxylation is 2. The number of likely N-dealkylation sites (tertiary alicyclic amines) is 1. The lowest BCUT2D eigenvalue weighted by Crippen LogP contribution is -2.42. The zero-order chi connectivity index (χ0) is 17.9.